The molecule has 2 nitrogen and oxygen atoms in total. The second kappa shape index (κ2) is 6.40. The molecule has 5 heteroatoms. The molecule has 0 atom stereocenters. The average molecular weight is 277 g/mol. The van der Waals surface area contributed by atoms with Crippen LogP contribution in [0.3, 0.4) is 0 Å². The monoisotopic (exact) mass is 276 g/mol. The van der Waals surface area contributed by atoms with Crippen molar-refractivity contribution >= 4 is 40.4 Å². The van der Waals surface area contributed by atoms with E-state index in [0.29, 0.717) is 28.1 Å². The van der Waals surface area contributed by atoms with Crippen LogP contribution in [-0.4, -0.2) is 23.0 Å². The number of rotatable bonds is 5. The Morgan fingerprint density at radius 2 is 2.12 bits per heavy atom. The van der Waals surface area contributed by atoms with Crippen molar-refractivity contribution in [3.8, 4) is 0 Å². The van der Waals surface area contributed by atoms with E-state index in [0.717, 1.165) is 12.1 Å². The second-order valence-corrected chi connectivity index (χ2v) is 4.79. The van der Waals surface area contributed by atoms with Crippen LogP contribution in [0.15, 0.2) is 18.2 Å². The van der Waals surface area contributed by atoms with Crippen LogP contribution in [0.4, 0.5) is 0 Å². The van der Waals surface area contributed by atoms with Crippen LogP contribution in [0.1, 0.15) is 12.5 Å². The lowest BCUT2D eigenvalue weighted by Crippen LogP contribution is -2.32. The van der Waals surface area contributed by atoms with Gasteiger partial charge in [-0.15, -0.1) is 0 Å². The molecule has 1 rings (SSSR count). The lowest BCUT2D eigenvalue weighted by molar-refractivity contribution is 0.321. The van der Waals surface area contributed by atoms with Crippen molar-refractivity contribution in [3.05, 3.63) is 33.8 Å². The highest BCUT2D eigenvalue weighted by Gasteiger charge is 2.09. The molecule has 0 heterocycles. The molecule has 16 heavy (non-hydrogen) atoms. The maximum absolute atomic E-state index is 6.11. The predicted octanol–water partition coefficient (Wildman–Crippen LogP) is 3.10. The summed E-state index contributed by atoms with van der Waals surface area (Å²) in [6, 6.07) is 5.62. The molecule has 0 amide bonds. The van der Waals surface area contributed by atoms with E-state index in [1.807, 2.05) is 12.1 Å². The van der Waals surface area contributed by atoms with E-state index < -0.39 is 0 Å². The van der Waals surface area contributed by atoms with Crippen molar-refractivity contribution in [3.63, 3.8) is 0 Å². The van der Waals surface area contributed by atoms with Crippen molar-refractivity contribution in [2.45, 2.75) is 13.5 Å². The smallest absolute Gasteiger partial charge is 0.0870 e. The van der Waals surface area contributed by atoms with Crippen LogP contribution in [0.5, 0.6) is 0 Å². The number of hydrogen-bond donors (Lipinski definition) is 1. The quantitative estimate of drug-likeness (QED) is 0.838. The van der Waals surface area contributed by atoms with E-state index in [1.165, 1.54) is 0 Å². The fourth-order valence-electron chi connectivity index (χ4n) is 1.41. The van der Waals surface area contributed by atoms with E-state index in [9.17, 15) is 0 Å². The van der Waals surface area contributed by atoms with Gasteiger partial charge in [0.1, 0.15) is 0 Å². The molecule has 0 spiro atoms. The van der Waals surface area contributed by atoms with Crippen LogP contribution in [0.25, 0.3) is 0 Å². The van der Waals surface area contributed by atoms with Crippen LogP contribution in [0.2, 0.25) is 10.0 Å². The molecule has 0 saturated heterocycles. The molecule has 1 aromatic carbocycles. The van der Waals surface area contributed by atoms with E-state index in [4.69, 9.17) is 41.2 Å². The Labute approximate surface area is 111 Å². The standard InChI is InChI=1S/C11H14Cl2N2S/c1-2-15(7-10(14)16)6-8-4-3-5-9(12)11(8)13/h3-5H,2,6-7H2,1H3,(H2,14,16). The zero-order chi connectivity index (χ0) is 12.1. The van der Waals surface area contributed by atoms with Gasteiger partial charge in [-0.05, 0) is 18.2 Å². The highest BCUT2D eigenvalue weighted by Crippen LogP contribution is 2.26. The summed E-state index contributed by atoms with van der Waals surface area (Å²) in [5, 5.41) is 1.18. The molecule has 0 fully saturated rings. The van der Waals surface area contributed by atoms with Crippen molar-refractivity contribution < 1.29 is 0 Å². The summed E-state index contributed by atoms with van der Waals surface area (Å²) in [6.45, 7) is 4.21. The van der Waals surface area contributed by atoms with Crippen LogP contribution in [-0.2, 0) is 6.54 Å². The maximum atomic E-state index is 6.11. The van der Waals surface area contributed by atoms with E-state index in [1.54, 1.807) is 6.07 Å². The zero-order valence-electron chi connectivity index (χ0n) is 9.04. The Balaban J connectivity index is 2.77. The number of nitrogens with two attached hydrogens (primary N) is 1. The van der Waals surface area contributed by atoms with Gasteiger partial charge in [0.2, 0.25) is 0 Å². The first-order valence-corrected chi connectivity index (χ1v) is 6.14. The topological polar surface area (TPSA) is 29.3 Å². The Bertz CT molecular complexity index is 382. The molecule has 0 bridgehead atoms. The number of nitrogens with zero attached hydrogens (tertiary/aromatic N) is 1. The Hall–Kier alpha value is -0.350. The minimum atomic E-state index is 0.486. The fraction of sp³-hybridized carbons (Fsp3) is 0.364. The number of thiocarbonyl (C=S) groups is 1. The first-order chi connectivity index (χ1) is 7.54. The van der Waals surface area contributed by atoms with E-state index >= 15 is 0 Å². The van der Waals surface area contributed by atoms with Gasteiger partial charge in [0.25, 0.3) is 0 Å². The lowest BCUT2D eigenvalue weighted by Gasteiger charge is -2.20. The molecule has 0 saturated carbocycles. The summed E-state index contributed by atoms with van der Waals surface area (Å²) in [5.74, 6) is 0. The highest BCUT2D eigenvalue weighted by atomic mass is 35.5. The van der Waals surface area contributed by atoms with Crippen LogP contribution >= 0.6 is 35.4 Å². The molecule has 0 aromatic heterocycles. The third-order valence-electron chi connectivity index (χ3n) is 2.25. The predicted molar refractivity (Wildman–Crippen MR) is 74.2 cm³/mol. The minimum absolute atomic E-state index is 0.486. The summed E-state index contributed by atoms with van der Waals surface area (Å²) in [7, 11) is 0. The molecular weight excluding hydrogens is 263 g/mol. The van der Waals surface area contributed by atoms with Crippen LogP contribution in [0, 0.1) is 0 Å². The first kappa shape index (κ1) is 13.7. The maximum Gasteiger partial charge on any atom is 0.0870 e. The molecule has 2 N–H and O–H groups in total. The number of likely N-dealkylation sites (N-methyl/N-ethyl adjacent to an activating group) is 1. The number of halogens is 2. The summed E-state index contributed by atoms with van der Waals surface area (Å²) >= 11 is 16.9. The third-order valence-corrected chi connectivity index (χ3v) is 3.24. The van der Waals surface area contributed by atoms with Crippen molar-refractivity contribution in [2.75, 3.05) is 13.1 Å². The largest absolute Gasteiger partial charge is 0.392 e. The van der Waals surface area contributed by atoms with Gasteiger partial charge in [0, 0.05) is 13.1 Å². The van der Waals surface area contributed by atoms with Crippen molar-refractivity contribution in [1.29, 1.82) is 0 Å². The molecule has 0 aliphatic heterocycles. The molecule has 1 aromatic rings. The Morgan fingerprint density at radius 3 is 2.69 bits per heavy atom. The highest BCUT2D eigenvalue weighted by molar-refractivity contribution is 7.80. The Kier molecular flexibility index (Phi) is 5.49. The SMILES string of the molecule is CCN(CC(N)=S)Cc1cccc(Cl)c1Cl. The zero-order valence-corrected chi connectivity index (χ0v) is 11.4. The minimum Gasteiger partial charge on any atom is -0.392 e. The summed E-state index contributed by atoms with van der Waals surface area (Å²) < 4.78 is 0. The first-order valence-electron chi connectivity index (χ1n) is 4.98. The van der Waals surface area contributed by atoms with Gasteiger partial charge in [-0.25, -0.2) is 0 Å². The molecular formula is C11H14Cl2N2S. The third kappa shape index (κ3) is 3.91. The van der Waals surface area contributed by atoms with Crippen molar-refractivity contribution in [2.24, 2.45) is 5.73 Å². The summed E-state index contributed by atoms with van der Waals surface area (Å²) in [6.07, 6.45) is 0. The second-order valence-electron chi connectivity index (χ2n) is 3.48. The molecule has 88 valence electrons. The normalized spacial score (nSPS) is 10.8. The van der Waals surface area contributed by atoms with Crippen LogP contribution < -0.4 is 5.73 Å². The number of hydrogen-bond acceptors (Lipinski definition) is 2. The van der Waals surface area contributed by atoms with E-state index in [-0.39, 0.29) is 0 Å². The van der Waals surface area contributed by atoms with E-state index in [2.05, 4.69) is 11.8 Å². The molecule has 0 radical (unpaired) electrons. The van der Waals surface area contributed by atoms with Gasteiger partial charge in [-0.3, -0.25) is 4.90 Å². The summed E-state index contributed by atoms with van der Waals surface area (Å²) in [4.78, 5) is 2.60. The van der Waals surface area contributed by atoms with Gasteiger partial charge in [-0.2, -0.15) is 0 Å². The lowest BCUT2D eigenvalue weighted by atomic mass is 10.2. The molecule has 0 aliphatic rings. The van der Waals surface area contributed by atoms with Gasteiger partial charge in [0.05, 0.1) is 15.0 Å². The van der Waals surface area contributed by atoms with Gasteiger partial charge >= 0.3 is 0 Å². The van der Waals surface area contributed by atoms with Gasteiger partial charge in [0.15, 0.2) is 0 Å². The van der Waals surface area contributed by atoms with Crippen molar-refractivity contribution in [1.82, 2.24) is 4.90 Å². The number of benzene rings is 1. The molecule has 0 aliphatic carbocycles. The summed E-state index contributed by atoms with van der Waals surface area (Å²) in [5.41, 5.74) is 6.51. The van der Waals surface area contributed by atoms with Gasteiger partial charge in [-0.1, -0.05) is 54.5 Å². The average Bonchev–Trinajstić information content (AvgIpc) is 2.23. The fourth-order valence-corrected chi connectivity index (χ4v) is 1.97. The van der Waals surface area contributed by atoms with Gasteiger partial charge < -0.3 is 5.73 Å². The Morgan fingerprint density at radius 1 is 1.44 bits per heavy atom. The molecule has 0 unspecified atom stereocenters.